The lowest BCUT2D eigenvalue weighted by Gasteiger charge is -2.08. The Morgan fingerprint density at radius 1 is 1.21 bits per heavy atom. The lowest BCUT2D eigenvalue weighted by Crippen LogP contribution is -2.06. The van der Waals surface area contributed by atoms with Crippen molar-refractivity contribution in [1.82, 2.24) is 0 Å². The van der Waals surface area contributed by atoms with Crippen molar-refractivity contribution in [3.63, 3.8) is 0 Å². The van der Waals surface area contributed by atoms with Gasteiger partial charge in [0.25, 0.3) is 0 Å². The van der Waals surface area contributed by atoms with Gasteiger partial charge in [-0.05, 0) is 37.1 Å². The lowest BCUT2D eigenvalue weighted by atomic mass is 9.99. The van der Waals surface area contributed by atoms with E-state index in [2.05, 4.69) is 0 Å². The van der Waals surface area contributed by atoms with Gasteiger partial charge in [0.15, 0.2) is 0 Å². The van der Waals surface area contributed by atoms with E-state index in [4.69, 9.17) is 4.74 Å². The Kier molecular flexibility index (Phi) is 3.95. The molecule has 2 aromatic carbocycles. The van der Waals surface area contributed by atoms with E-state index in [-0.39, 0.29) is 11.8 Å². The van der Waals surface area contributed by atoms with Crippen LogP contribution in [0.1, 0.15) is 22.8 Å². The smallest absolute Gasteiger partial charge is 0.338 e. The number of carbonyl (C=O) groups is 1. The number of halogens is 1. The summed E-state index contributed by atoms with van der Waals surface area (Å²) >= 11 is 0. The van der Waals surface area contributed by atoms with Crippen molar-refractivity contribution in [1.29, 1.82) is 0 Å². The Balaban J connectivity index is 2.39. The van der Waals surface area contributed by atoms with Crippen LogP contribution in [-0.4, -0.2) is 12.6 Å². The van der Waals surface area contributed by atoms with Crippen LogP contribution in [0, 0.1) is 12.7 Å². The van der Waals surface area contributed by atoms with Gasteiger partial charge < -0.3 is 4.74 Å². The van der Waals surface area contributed by atoms with Crippen molar-refractivity contribution in [3.05, 3.63) is 59.4 Å². The van der Waals surface area contributed by atoms with E-state index in [1.165, 1.54) is 6.07 Å². The minimum absolute atomic E-state index is 0.272. The molecule has 0 bridgehead atoms. The van der Waals surface area contributed by atoms with Crippen molar-refractivity contribution in [2.75, 3.05) is 6.61 Å². The van der Waals surface area contributed by atoms with E-state index >= 15 is 0 Å². The normalized spacial score (nSPS) is 10.3. The fraction of sp³-hybridized carbons (Fsp3) is 0.188. The van der Waals surface area contributed by atoms with Gasteiger partial charge in [0.2, 0.25) is 0 Å². The Morgan fingerprint density at radius 2 is 1.95 bits per heavy atom. The standard InChI is InChI=1S/C16H15FO2/c1-3-19-16(18)13-9-8-12(10-11(13)2)14-6-4-5-7-15(14)17/h4-10H,3H2,1-2H3. The van der Waals surface area contributed by atoms with Crippen LogP contribution in [-0.2, 0) is 4.74 Å². The first-order chi connectivity index (χ1) is 9.13. The molecule has 0 aliphatic carbocycles. The molecule has 2 aromatic rings. The van der Waals surface area contributed by atoms with Crippen LogP contribution in [0.4, 0.5) is 4.39 Å². The third kappa shape index (κ3) is 2.81. The molecule has 0 N–H and O–H groups in total. The third-order valence-corrected chi connectivity index (χ3v) is 2.91. The molecule has 0 aromatic heterocycles. The number of ether oxygens (including phenoxy) is 1. The van der Waals surface area contributed by atoms with Crippen molar-refractivity contribution < 1.29 is 13.9 Å². The number of benzene rings is 2. The van der Waals surface area contributed by atoms with E-state index in [1.54, 1.807) is 43.3 Å². The molecule has 0 atom stereocenters. The first-order valence-electron chi connectivity index (χ1n) is 6.16. The van der Waals surface area contributed by atoms with Crippen LogP contribution >= 0.6 is 0 Å². The quantitative estimate of drug-likeness (QED) is 0.778. The zero-order valence-electron chi connectivity index (χ0n) is 10.9. The molecule has 0 heterocycles. The van der Waals surface area contributed by atoms with Crippen LogP contribution in [0.25, 0.3) is 11.1 Å². The van der Waals surface area contributed by atoms with Gasteiger partial charge in [-0.3, -0.25) is 0 Å². The summed E-state index contributed by atoms with van der Waals surface area (Å²) in [6.45, 7) is 3.92. The number of rotatable bonds is 3. The molecular formula is C16H15FO2. The maximum atomic E-state index is 13.7. The summed E-state index contributed by atoms with van der Waals surface area (Å²) in [5.41, 5.74) is 2.57. The third-order valence-electron chi connectivity index (χ3n) is 2.91. The molecule has 0 unspecified atom stereocenters. The first kappa shape index (κ1) is 13.3. The highest BCUT2D eigenvalue weighted by atomic mass is 19.1. The highest BCUT2D eigenvalue weighted by Crippen LogP contribution is 2.25. The topological polar surface area (TPSA) is 26.3 Å². The molecular weight excluding hydrogens is 243 g/mol. The van der Waals surface area contributed by atoms with Crippen LogP contribution in [0.5, 0.6) is 0 Å². The number of hydrogen-bond donors (Lipinski definition) is 0. The molecule has 0 radical (unpaired) electrons. The summed E-state index contributed by atoms with van der Waals surface area (Å²) in [5.74, 6) is -0.620. The zero-order chi connectivity index (χ0) is 13.8. The van der Waals surface area contributed by atoms with Crippen molar-refractivity contribution >= 4 is 5.97 Å². The number of esters is 1. The highest BCUT2D eigenvalue weighted by molar-refractivity contribution is 5.91. The summed E-state index contributed by atoms with van der Waals surface area (Å²) < 4.78 is 18.7. The van der Waals surface area contributed by atoms with E-state index < -0.39 is 0 Å². The van der Waals surface area contributed by atoms with Gasteiger partial charge in [-0.25, -0.2) is 9.18 Å². The fourth-order valence-electron chi connectivity index (χ4n) is 1.96. The molecule has 0 amide bonds. The minimum Gasteiger partial charge on any atom is -0.462 e. The van der Waals surface area contributed by atoms with Crippen LogP contribution < -0.4 is 0 Å². The zero-order valence-corrected chi connectivity index (χ0v) is 10.9. The maximum absolute atomic E-state index is 13.7. The van der Waals surface area contributed by atoms with E-state index in [0.29, 0.717) is 17.7 Å². The van der Waals surface area contributed by atoms with E-state index in [9.17, 15) is 9.18 Å². The molecule has 0 saturated carbocycles. The van der Waals surface area contributed by atoms with E-state index in [1.807, 2.05) is 6.92 Å². The second kappa shape index (κ2) is 5.65. The molecule has 0 aliphatic heterocycles. The van der Waals surface area contributed by atoms with E-state index in [0.717, 1.165) is 11.1 Å². The molecule has 2 nitrogen and oxygen atoms in total. The number of carbonyl (C=O) groups excluding carboxylic acids is 1. The molecule has 0 spiro atoms. The monoisotopic (exact) mass is 258 g/mol. The molecule has 2 rings (SSSR count). The fourth-order valence-corrected chi connectivity index (χ4v) is 1.96. The predicted octanol–water partition coefficient (Wildman–Crippen LogP) is 3.98. The average molecular weight is 258 g/mol. The second-order valence-electron chi connectivity index (χ2n) is 4.23. The largest absolute Gasteiger partial charge is 0.462 e. The Bertz CT molecular complexity index is 605. The first-order valence-corrected chi connectivity index (χ1v) is 6.16. The van der Waals surface area contributed by atoms with Gasteiger partial charge in [0.05, 0.1) is 12.2 Å². The van der Waals surface area contributed by atoms with Crippen LogP contribution in [0.15, 0.2) is 42.5 Å². The van der Waals surface area contributed by atoms with Gasteiger partial charge >= 0.3 is 5.97 Å². The highest BCUT2D eigenvalue weighted by Gasteiger charge is 2.12. The Labute approximate surface area is 111 Å². The molecule has 3 heteroatoms. The number of aryl methyl sites for hydroxylation is 1. The molecule has 0 aliphatic rings. The Morgan fingerprint density at radius 3 is 2.58 bits per heavy atom. The lowest BCUT2D eigenvalue weighted by molar-refractivity contribution is 0.0525. The summed E-state index contributed by atoms with van der Waals surface area (Å²) in [4.78, 5) is 11.7. The van der Waals surface area contributed by atoms with Gasteiger partial charge in [0.1, 0.15) is 5.82 Å². The second-order valence-corrected chi connectivity index (χ2v) is 4.23. The predicted molar refractivity (Wildman–Crippen MR) is 72.5 cm³/mol. The van der Waals surface area contributed by atoms with Gasteiger partial charge in [-0.2, -0.15) is 0 Å². The van der Waals surface area contributed by atoms with Crippen molar-refractivity contribution in [2.45, 2.75) is 13.8 Å². The summed E-state index contributed by atoms with van der Waals surface area (Å²) in [5, 5.41) is 0. The summed E-state index contributed by atoms with van der Waals surface area (Å²) in [6.07, 6.45) is 0. The van der Waals surface area contributed by atoms with Crippen molar-refractivity contribution in [3.8, 4) is 11.1 Å². The summed E-state index contributed by atoms with van der Waals surface area (Å²) in [7, 11) is 0. The Hall–Kier alpha value is -2.16. The molecule has 98 valence electrons. The molecule has 19 heavy (non-hydrogen) atoms. The minimum atomic E-state index is -0.347. The number of hydrogen-bond acceptors (Lipinski definition) is 2. The van der Waals surface area contributed by atoms with Crippen LogP contribution in [0.3, 0.4) is 0 Å². The molecule has 0 fully saturated rings. The average Bonchev–Trinajstić information content (AvgIpc) is 2.39. The maximum Gasteiger partial charge on any atom is 0.338 e. The molecule has 0 saturated heterocycles. The van der Waals surface area contributed by atoms with Crippen LogP contribution in [0.2, 0.25) is 0 Å². The SMILES string of the molecule is CCOC(=O)c1ccc(-c2ccccc2F)cc1C. The van der Waals surface area contributed by atoms with Gasteiger partial charge in [-0.1, -0.05) is 30.3 Å². The summed E-state index contributed by atoms with van der Waals surface area (Å²) in [6, 6.07) is 11.8. The van der Waals surface area contributed by atoms with Gasteiger partial charge in [-0.15, -0.1) is 0 Å². The van der Waals surface area contributed by atoms with Gasteiger partial charge in [0, 0.05) is 5.56 Å². The van der Waals surface area contributed by atoms with Crippen molar-refractivity contribution in [2.24, 2.45) is 0 Å².